The van der Waals surface area contributed by atoms with E-state index in [1.165, 1.54) is 0 Å². The number of aryl methyl sites for hydroxylation is 1. The van der Waals surface area contributed by atoms with Crippen LogP contribution < -0.4 is 14.4 Å². The molecule has 3 aromatic rings. The average molecular weight is 398 g/mol. The molecule has 2 heterocycles. The highest BCUT2D eigenvalue weighted by molar-refractivity contribution is 7.22. The van der Waals surface area contributed by atoms with Crippen LogP contribution in [0, 0.1) is 6.92 Å². The Morgan fingerprint density at radius 3 is 2.36 bits per heavy atom. The maximum Gasteiger partial charge on any atom is 0.254 e. The summed E-state index contributed by atoms with van der Waals surface area (Å²) < 4.78 is 11.9. The summed E-state index contributed by atoms with van der Waals surface area (Å²) in [5.74, 6) is 1.64. The molecule has 1 aliphatic rings. The van der Waals surface area contributed by atoms with E-state index >= 15 is 0 Å². The van der Waals surface area contributed by atoms with Crippen LogP contribution in [0.25, 0.3) is 10.2 Å². The Morgan fingerprint density at radius 2 is 1.68 bits per heavy atom. The Hall–Kier alpha value is -2.80. The third kappa shape index (κ3) is 3.26. The summed E-state index contributed by atoms with van der Waals surface area (Å²) in [5.41, 5.74) is 2.62. The predicted octanol–water partition coefficient (Wildman–Crippen LogP) is 3.58. The van der Waals surface area contributed by atoms with E-state index in [9.17, 15) is 4.79 Å². The van der Waals surface area contributed by atoms with Gasteiger partial charge in [-0.2, -0.15) is 0 Å². The Balaban J connectivity index is 1.52. The fourth-order valence-electron chi connectivity index (χ4n) is 3.49. The summed E-state index contributed by atoms with van der Waals surface area (Å²) in [6.45, 7) is 4.84. The number of methoxy groups -OCH3 is 2. The summed E-state index contributed by atoms with van der Waals surface area (Å²) in [7, 11) is 3.31. The number of ether oxygens (including phenoxy) is 2. The molecule has 0 saturated carbocycles. The molecule has 146 valence electrons. The van der Waals surface area contributed by atoms with Gasteiger partial charge in [-0.3, -0.25) is 4.79 Å². The molecule has 4 rings (SSSR count). The standard InChI is InChI=1S/C21H23N3O3S/c1-14-6-4-5-7-15(14)20(25)23-10-12-24(13-11-23)21-22-18-16(26-2)8-9-17(27-3)19(18)28-21/h4-9H,10-13H2,1-3H3. The number of rotatable bonds is 4. The van der Waals surface area contributed by atoms with E-state index in [4.69, 9.17) is 14.5 Å². The molecular weight excluding hydrogens is 374 g/mol. The van der Waals surface area contributed by atoms with Gasteiger partial charge in [0, 0.05) is 31.7 Å². The lowest BCUT2D eigenvalue weighted by atomic mass is 10.1. The molecule has 1 fully saturated rings. The van der Waals surface area contributed by atoms with Crippen molar-refractivity contribution in [2.45, 2.75) is 6.92 Å². The normalized spacial score (nSPS) is 14.4. The van der Waals surface area contributed by atoms with E-state index in [0.29, 0.717) is 13.1 Å². The third-order valence-electron chi connectivity index (χ3n) is 5.11. The van der Waals surface area contributed by atoms with Crippen molar-refractivity contribution in [2.75, 3.05) is 45.3 Å². The average Bonchev–Trinajstić information content (AvgIpc) is 3.18. The SMILES string of the molecule is COc1ccc(OC)c2sc(N3CCN(C(=O)c4ccccc4C)CC3)nc12. The van der Waals surface area contributed by atoms with Gasteiger partial charge in [0.05, 0.1) is 14.2 Å². The van der Waals surface area contributed by atoms with E-state index in [2.05, 4.69) is 4.90 Å². The molecule has 0 atom stereocenters. The molecule has 7 heteroatoms. The predicted molar refractivity (Wildman–Crippen MR) is 112 cm³/mol. The summed E-state index contributed by atoms with van der Waals surface area (Å²) in [6, 6.07) is 11.5. The Bertz CT molecular complexity index is 968. The van der Waals surface area contributed by atoms with Crippen molar-refractivity contribution in [1.82, 2.24) is 9.88 Å². The second-order valence-corrected chi connectivity index (χ2v) is 7.72. The zero-order chi connectivity index (χ0) is 19.7. The highest BCUT2D eigenvalue weighted by Crippen LogP contribution is 2.40. The lowest BCUT2D eigenvalue weighted by Crippen LogP contribution is -2.48. The number of hydrogen-bond acceptors (Lipinski definition) is 6. The fraction of sp³-hybridized carbons (Fsp3) is 0.333. The van der Waals surface area contributed by atoms with Gasteiger partial charge in [-0.25, -0.2) is 4.98 Å². The van der Waals surface area contributed by atoms with Crippen LogP contribution in [0.4, 0.5) is 5.13 Å². The molecule has 1 amide bonds. The number of hydrogen-bond donors (Lipinski definition) is 0. The maximum absolute atomic E-state index is 12.8. The summed E-state index contributed by atoms with van der Waals surface area (Å²) in [4.78, 5) is 21.8. The zero-order valence-electron chi connectivity index (χ0n) is 16.3. The number of fused-ring (bicyclic) bond motifs is 1. The number of carbonyl (C=O) groups is 1. The van der Waals surface area contributed by atoms with Gasteiger partial charge in [0.25, 0.3) is 5.91 Å². The first kappa shape index (κ1) is 18.6. The van der Waals surface area contributed by atoms with Crippen LogP contribution in [-0.4, -0.2) is 56.2 Å². The number of benzene rings is 2. The van der Waals surface area contributed by atoms with Crippen molar-refractivity contribution in [2.24, 2.45) is 0 Å². The van der Waals surface area contributed by atoms with Crippen LogP contribution in [-0.2, 0) is 0 Å². The molecule has 1 saturated heterocycles. The largest absolute Gasteiger partial charge is 0.495 e. The van der Waals surface area contributed by atoms with Crippen LogP contribution in [0.3, 0.4) is 0 Å². The molecule has 0 radical (unpaired) electrons. The van der Waals surface area contributed by atoms with Crippen LogP contribution in [0.15, 0.2) is 36.4 Å². The van der Waals surface area contributed by atoms with Crippen molar-refractivity contribution in [3.05, 3.63) is 47.5 Å². The van der Waals surface area contributed by atoms with Gasteiger partial charge in [-0.1, -0.05) is 29.5 Å². The van der Waals surface area contributed by atoms with E-state index in [-0.39, 0.29) is 5.91 Å². The summed E-state index contributed by atoms with van der Waals surface area (Å²) >= 11 is 1.60. The number of carbonyl (C=O) groups excluding carboxylic acids is 1. The second kappa shape index (κ2) is 7.67. The van der Waals surface area contributed by atoms with Gasteiger partial charge >= 0.3 is 0 Å². The van der Waals surface area contributed by atoms with Gasteiger partial charge in [-0.05, 0) is 30.7 Å². The number of piperazine rings is 1. The minimum atomic E-state index is 0.102. The van der Waals surface area contributed by atoms with Crippen LogP contribution >= 0.6 is 11.3 Å². The fourth-order valence-corrected chi connectivity index (χ4v) is 4.62. The summed E-state index contributed by atoms with van der Waals surface area (Å²) in [6.07, 6.45) is 0. The minimum Gasteiger partial charge on any atom is -0.495 e. The van der Waals surface area contributed by atoms with E-state index < -0.39 is 0 Å². The Kier molecular flexibility index (Phi) is 5.09. The van der Waals surface area contributed by atoms with Gasteiger partial charge < -0.3 is 19.3 Å². The van der Waals surface area contributed by atoms with Gasteiger partial charge in [0.2, 0.25) is 0 Å². The lowest BCUT2D eigenvalue weighted by molar-refractivity contribution is 0.0746. The van der Waals surface area contributed by atoms with Crippen molar-refractivity contribution in [3.8, 4) is 11.5 Å². The first-order chi connectivity index (χ1) is 13.6. The quantitative estimate of drug-likeness (QED) is 0.674. The molecule has 1 aromatic heterocycles. The molecule has 0 aliphatic carbocycles. The van der Waals surface area contributed by atoms with E-state index in [1.807, 2.05) is 48.2 Å². The van der Waals surface area contributed by atoms with Crippen LogP contribution in [0.5, 0.6) is 11.5 Å². The van der Waals surface area contributed by atoms with E-state index in [1.54, 1.807) is 25.6 Å². The number of nitrogens with zero attached hydrogens (tertiary/aromatic N) is 3. The molecule has 2 aromatic carbocycles. The topological polar surface area (TPSA) is 54.9 Å². The molecule has 0 unspecified atom stereocenters. The highest BCUT2D eigenvalue weighted by atomic mass is 32.1. The molecular formula is C21H23N3O3S. The van der Waals surface area contributed by atoms with Gasteiger partial charge in [0.1, 0.15) is 21.7 Å². The summed E-state index contributed by atoms with van der Waals surface area (Å²) in [5, 5.41) is 0.931. The second-order valence-electron chi connectivity index (χ2n) is 6.74. The van der Waals surface area contributed by atoms with Crippen LogP contribution in [0.2, 0.25) is 0 Å². The smallest absolute Gasteiger partial charge is 0.254 e. The number of thiazole rings is 1. The van der Waals surface area contributed by atoms with Gasteiger partial charge in [0.15, 0.2) is 5.13 Å². The van der Waals surface area contributed by atoms with Crippen molar-refractivity contribution >= 4 is 32.6 Å². The lowest BCUT2D eigenvalue weighted by Gasteiger charge is -2.34. The number of aromatic nitrogens is 1. The van der Waals surface area contributed by atoms with Crippen molar-refractivity contribution in [1.29, 1.82) is 0 Å². The minimum absolute atomic E-state index is 0.102. The molecule has 0 bridgehead atoms. The van der Waals surface area contributed by atoms with Crippen LogP contribution in [0.1, 0.15) is 15.9 Å². The molecule has 28 heavy (non-hydrogen) atoms. The van der Waals surface area contributed by atoms with Gasteiger partial charge in [-0.15, -0.1) is 0 Å². The molecule has 1 aliphatic heterocycles. The van der Waals surface area contributed by atoms with E-state index in [0.717, 1.165) is 51.1 Å². The first-order valence-electron chi connectivity index (χ1n) is 9.23. The molecule has 6 nitrogen and oxygen atoms in total. The monoisotopic (exact) mass is 397 g/mol. The number of anilines is 1. The Labute approximate surface area is 168 Å². The first-order valence-corrected chi connectivity index (χ1v) is 10.1. The number of amides is 1. The zero-order valence-corrected chi connectivity index (χ0v) is 17.1. The molecule has 0 spiro atoms. The van der Waals surface area contributed by atoms with Crippen molar-refractivity contribution < 1.29 is 14.3 Å². The maximum atomic E-state index is 12.8. The molecule has 0 N–H and O–H groups in total. The Morgan fingerprint density at radius 1 is 1.00 bits per heavy atom. The highest BCUT2D eigenvalue weighted by Gasteiger charge is 2.25. The third-order valence-corrected chi connectivity index (χ3v) is 6.24. The van der Waals surface area contributed by atoms with Crippen molar-refractivity contribution in [3.63, 3.8) is 0 Å².